The van der Waals surface area contributed by atoms with Gasteiger partial charge in [-0.3, -0.25) is 19.7 Å². The highest BCUT2D eigenvalue weighted by molar-refractivity contribution is 5.91. The van der Waals surface area contributed by atoms with E-state index in [4.69, 9.17) is 23.7 Å². The van der Waals surface area contributed by atoms with Gasteiger partial charge in [-0.25, -0.2) is 4.79 Å². The predicted molar refractivity (Wildman–Crippen MR) is 231 cm³/mol. The normalized spacial score (nSPS) is 14.1. The van der Waals surface area contributed by atoms with Crippen LogP contribution in [0.2, 0.25) is 0 Å². The highest BCUT2D eigenvalue weighted by atomic mass is 16.6. The minimum Gasteiger partial charge on any atom is -0.507 e. The highest BCUT2D eigenvalue weighted by Gasteiger charge is 2.40. The fourth-order valence-corrected chi connectivity index (χ4v) is 6.45. The summed E-state index contributed by atoms with van der Waals surface area (Å²) in [5, 5.41) is 37.2. The molecule has 0 saturated carbocycles. The zero-order chi connectivity index (χ0) is 45.7. The van der Waals surface area contributed by atoms with E-state index in [9.17, 15) is 29.4 Å². The number of aliphatic hydroxyl groups is 1. The van der Waals surface area contributed by atoms with Gasteiger partial charge in [0.1, 0.15) is 35.2 Å². The lowest BCUT2D eigenvalue weighted by Gasteiger charge is -2.35. The molecule has 4 amide bonds. The number of benzene rings is 3. The molecule has 0 radical (unpaired) electrons. The average Bonchev–Trinajstić information content (AvgIpc) is 3.19. The van der Waals surface area contributed by atoms with Crippen molar-refractivity contribution in [2.45, 2.75) is 111 Å². The molecule has 0 aliphatic heterocycles. The van der Waals surface area contributed by atoms with Gasteiger partial charge < -0.3 is 55.2 Å². The molecule has 0 aliphatic rings. The monoisotopic (exact) mass is 851 g/mol. The second-order valence-corrected chi connectivity index (χ2v) is 17.1. The largest absolute Gasteiger partial charge is 0.507 e. The summed E-state index contributed by atoms with van der Waals surface area (Å²) < 4.78 is 27.2. The summed E-state index contributed by atoms with van der Waals surface area (Å²) >= 11 is 0. The van der Waals surface area contributed by atoms with Crippen molar-refractivity contribution >= 4 is 23.8 Å². The molecule has 0 spiro atoms. The maximum Gasteiger partial charge on any atom is 0.408 e. The van der Waals surface area contributed by atoms with Crippen molar-refractivity contribution in [3.05, 3.63) is 77.4 Å². The van der Waals surface area contributed by atoms with E-state index in [-0.39, 0.29) is 25.3 Å². The van der Waals surface area contributed by atoms with Crippen molar-refractivity contribution in [3.8, 4) is 28.7 Å². The average molecular weight is 852 g/mol. The molecule has 5 unspecified atom stereocenters. The molecule has 0 bridgehead atoms. The van der Waals surface area contributed by atoms with E-state index in [0.717, 1.165) is 5.56 Å². The van der Waals surface area contributed by atoms with Crippen LogP contribution in [0.25, 0.3) is 0 Å². The van der Waals surface area contributed by atoms with Crippen LogP contribution in [0, 0.1) is 11.3 Å². The number of alkyl carbamates (subject to hydrolysis) is 1. The third-order valence-electron chi connectivity index (χ3n) is 9.69. The van der Waals surface area contributed by atoms with Crippen LogP contribution in [0.5, 0.6) is 28.7 Å². The maximum atomic E-state index is 14.6. The molecule has 0 heterocycles. The van der Waals surface area contributed by atoms with Crippen LogP contribution in [0.1, 0.15) is 72.1 Å². The van der Waals surface area contributed by atoms with Gasteiger partial charge in [-0.15, -0.1) is 0 Å². The molecule has 3 rings (SSSR count). The summed E-state index contributed by atoms with van der Waals surface area (Å²) in [5.41, 5.74) is 0.115. The Morgan fingerprint density at radius 2 is 1.31 bits per heavy atom. The Labute approximate surface area is 359 Å². The number of aliphatic hydroxyl groups excluding tert-OH is 1. The number of phenols is 1. The van der Waals surface area contributed by atoms with E-state index in [2.05, 4.69) is 26.6 Å². The lowest BCUT2D eigenvalue weighted by atomic mass is 9.85. The molecular formula is C45H65N5O11. The first-order valence-corrected chi connectivity index (χ1v) is 20.1. The Balaban J connectivity index is 2.05. The SMILES string of the molecule is COc1ccc(CNC(=O)C(NC(=O)C(NCc2cc(OC)c(OC)c(OC)c2)C(O)C(Cc2ccccc2)NC(=O)C(NC(=O)OC(C)(C)C)C(C)(C)C)C(C)C)c(O)c1. The summed E-state index contributed by atoms with van der Waals surface area (Å²) in [4.78, 5) is 55.5. The third-order valence-corrected chi connectivity index (χ3v) is 9.69. The van der Waals surface area contributed by atoms with E-state index in [1.165, 1.54) is 34.5 Å². The number of carbonyl (C=O) groups is 4. The second-order valence-electron chi connectivity index (χ2n) is 17.1. The standard InChI is InChI=1S/C45H65N5O11/c1-26(2)35(40(53)47-25-29-18-19-30(57-9)23-32(29)51)49-41(54)36(46-24-28-21-33(58-10)38(60-12)34(22-28)59-11)37(52)31(20-27-16-14-13-15-17-27)48-42(55)39(44(3,4)5)50-43(56)61-45(6,7)8/h13-19,21-23,26,31,35-37,39,46,51-52H,20,24-25H2,1-12H3,(H,47,53)(H,48,55)(H,49,54)(H,50,56). The molecular weight excluding hydrogens is 787 g/mol. The molecule has 7 N–H and O–H groups in total. The van der Waals surface area contributed by atoms with E-state index in [1.807, 2.05) is 30.3 Å². The van der Waals surface area contributed by atoms with Gasteiger partial charge in [0.15, 0.2) is 11.5 Å². The van der Waals surface area contributed by atoms with Crippen LogP contribution in [0.15, 0.2) is 60.7 Å². The minimum atomic E-state index is -1.62. The van der Waals surface area contributed by atoms with Crippen molar-refractivity contribution in [2.75, 3.05) is 28.4 Å². The number of ether oxygens (including phenoxy) is 5. The van der Waals surface area contributed by atoms with Gasteiger partial charge in [0, 0.05) is 24.7 Å². The summed E-state index contributed by atoms with van der Waals surface area (Å²) in [6.07, 6.45) is -2.35. The zero-order valence-corrected chi connectivity index (χ0v) is 37.4. The first-order chi connectivity index (χ1) is 28.6. The van der Waals surface area contributed by atoms with Gasteiger partial charge in [0.2, 0.25) is 23.5 Å². The lowest BCUT2D eigenvalue weighted by Crippen LogP contribution is -2.64. The number of amides is 4. The number of aromatic hydroxyl groups is 1. The number of hydrogen-bond donors (Lipinski definition) is 7. The Morgan fingerprint density at radius 1 is 0.689 bits per heavy atom. The van der Waals surface area contributed by atoms with Crippen molar-refractivity contribution in [1.82, 2.24) is 26.6 Å². The number of carbonyl (C=O) groups excluding carboxylic acids is 4. The van der Waals surface area contributed by atoms with E-state index in [0.29, 0.717) is 34.1 Å². The van der Waals surface area contributed by atoms with E-state index in [1.54, 1.807) is 79.7 Å². The number of nitrogens with one attached hydrogen (secondary N) is 5. The molecule has 3 aromatic carbocycles. The fraction of sp³-hybridized carbons (Fsp3) is 0.511. The van der Waals surface area contributed by atoms with Crippen LogP contribution in [-0.2, 0) is 38.6 Å². The van der Waals surface area contributed by atoms with Crippen LogP contribution in [0.3, 0.4) is 0 Å². The quantitative estimate of drug-likeness (QED) is 0.0845. The molecule has 16 nitrogen and oxygen atoms in total. The Morgan fingerprint density at radius 3 is 1.82 bits per heavy atom. The first-order valence-electron chi connectivity index (χ1n) is 20.1. The highest BCUT2D eigenvalue weighted by Crippen LogP contribution is 2.38. The number of phenolic OH excluding ortho intramolecular Hbond substituents is 1. The molecule has 336 valence electrons. The number of hydrogen-bond acceptors (Lipinski definition) is 12. The third kappa shape index (κ3) is 14.7. The number of methoxy groups -OCH3 is 4. The minimum absolute atomic E-state index is 0.0159. The molecule has 0 aliphatic carbocycles. The topological polar surface area (TPSA) is 215 Å². The smallest absolute Gasteiger partial charge is 0.408 e. The van der Waals surface area contributed by atoms with Gasteiger partial charge in [-0.2, -0.15) is 0 Å². The van der Waals surface area contributed by atoms with Crippen LogP contribution < -0.4 is 45.5 Å². The zero-order valence-electron chi connectivity index (χ0n) is 37.4. The van der Waals surface area contributed by atoms with E-state index >= 15 is 0 Å². The van der Waals surface area contributed by atoms with Crippen molar-refractivity contribution in [1.29, 1.82) is 0 Å². The summed E-state index contributed by atoms with van der Waals surface area (Å²) in [5.74, 6) is -0.880. The molecule has 0 fully saturated rings. The van der Waals surface area contributed by atoms with Gasteiger partial charge in [-0.1, -0.05) is 65.0 Å². The van der Waals surface area contributed by atoms with Crippen LogP contribution >= 0.6 is 0 Å². The first kappa shape index (κ1) is 49.6. The Bertz CT molecular complexity index is 1900. The van der Waals surface area contributed by atoms with Gasteiger partial charge in [0.25, 0.3) is 0 Å². The van der Waals surface area contributed by atoms with E-state index < -0.39 is 71.0 Å². The van der Waals surface area contributed by atoms with Crippen molar-refractivity contribution in [2.24, 2.45) is 11.3 Å². The van der Waals surface area contributed by atoms with Gasteiger partial charge in [0.05, 0.1) is 40.6 Å². The van der Waals surface area contributed by atoms with Crippen molar-refractivity contribution in [3.63, 3.8) is 0 Å². The molecule has 61 heavy (non-hydrogen) atoms. The molecule has 3 aromatic rings. The maximum absolute atomic E-state index is 14.6. The summed E-state index contributed by atoms with van der Waals surface area (Å²) in [6.45, 7) is 13.9. The fourth-order valence-electron chi connectivity index (χ4n) is 6.45. The molecule has 0 aromatic heterocycles. The summed E-state index contributed by atoms with van der Waals surface area (Å²) in [6, 6.07) is 12.4. The Hall–Kier alpha value is -5.74. The summed E-state index contributed by atoms with van der Waals surface area (Å²) in [7, 11) is 5.90. The Kier molecular flexibility index (Phi) is 18.1. The van der Waals surface area contributed by atoms with Crippen LogP contribution in [0.4, 0.5) is 4.79 Å². The number of rotatable bonds is 20. The van der Waals surface area contributed by atoms with Gasteiger partial charge >= 0.3 is 6.09 Å². The molecule has 16 heteroatoms. The lowest BCUT2D eigenvalue weighted by molar-refractivity contribution is -0.134. The predicted octanol–water partition coefficient (Wildman–Crippen LogP) is 4.37. The second kappa shape index (κ2) is 22.2. The van der Waals surface area contributed by atoms with Gasteiger partial charge in [-0.05, 0) is 73.9 Å². The molecule has 5 atom stereocenters. The molecule has 0 saturated heterocycles. The van der Waals surface area contributed by atoms with Crippen molar-refractivity contribution < 1.29 is 53.1 Å². The van der Waals surface area contributed by atoms with Crippen LogP contribution in [-0.4, -0.2) is 98.3 Å².